The Hall–Kier alpha value is -1.89. The van der Waals surface area contributed by atoms with Crippen LogP contribution in [-0.2, 0) is 4.79 Å². The Morgan fingerprint density at radius 2 is 1.81 bits per heavy atom. The summed E-state index contributed by atoms with van der Waals surface area (Å²) in [7, 11) is 3.86. The van der Waals surface area contributed by atoms with Crippen molar-refractivity contribution in [3.63, 3.8) is 0 Å². The molecule has 4 bridgehead atoms. The summed E-state index contributed by atoms with van der Waals surface area (Å²) in [5, 5.41) is 24.8. The number of hydrogen-bond acceptors (Lipinski definition) is 5. The fourth-order valence-electron chi connectivity index (χ4n) is 6.62. The number of hydrogen-bond donors (Lipinski definition) is 3. The lowest BCUT2D eigenvalue weighted by Gasteiger charge is -2.55. The molecule has 4 aliphatic rings. The molecule has 1 heterocycles. The molecule has 4 saturated carbocycles. The van der Waals surface area contributed by atoms with E-state index in [1.54, 1.807) is 12.1 Å². The van der Waals surface area contributed by atoms with E-state index in [4.69, 9.17) is 0 Å². The van der Waals surface area contributed by atoms with Crippen molar-refractivity contribution in [1.29, 1.82) is 0 Å². The summed E-state index contributed by atoms with van der Waals surface area (Å²) >= 11 is 1.49. The average Bonchev–Trinajstić information content (AvgIpc) is 3.10. The lowest BCUT2D eigenvalue weighted by atomic mass is 9.49. The maximum atomic E-state index is 13.6. The highest BCUT2D eigenvalue weighted by atomic mass is 32.1. The molecule has 2 aromatic rings. The Bertz CT molecular complexity index is 948. The lowest BCUT2D eigenvalue weighted by molar-refractivity contribution is -0.140. The first-order valence-electron chi connectivity index (χ1n) is 11.4. The Labute approximate surface area is 188 Å². The number of phenols is 1. The molecule has 1 unspecified atom stereocenters. The third-order valence-electron chi connectivity index (χ3n) is 7.54. The van der Waals surface area contributed by atoms with Crippen LogP contribution in [0.3, 0.4) is 0 Å². The molecule has 5 nitrogen and oxygen atoms in total. The van der Waals surface area contributed by atoms with Gasteiger partial charge in [-0.15, -0.1) is 11.3 Å². The fourth-order valence-corrected chi connectivity index (χ4v) is 7.73. The van der Waals surface area contributed by atoms with Crippen molar-refractivity contribution >= 4 is 22.2 Å². The van der Waals surface area contributed by atoms with Crippen LogP contribution in [0.5, 0.6) is 5.75 Å². The van der Waals surface area contributed by atoms with Crippen LogP contribution < -0.4 is 5.32 Å². The Morgan fingerprint density at radius 1 is 1.16 bits per heavy atom. The van der Waals surface area contributed by atoms with Gasteiger partial charge in [-0.25, -0.2) is 0 Å². The molecule has 0 spiro atoms. The van der Waals surface area contributed by atoms with Gasteiger partial charge in [-0.05, 0) is 94.1 Å². The van der Waals surface area contributed by atoms with Crippen molar-refractivity contribution in [3.05, 3.63) is 35.9 Å². The first kappa shape index (κ1) is 21.0. The molecule has 0 aliphatic heterocycles. The third-order valence-corrected chi connectivity index (χ3v) is 8.65. The van der Waals surface area contributed by atoms with E-state index in [0.717, 1.165) is 40.3 Å². The number of carbonyl (C=O) groups is 1. The molecule has 1 aromatic carbocycles. The highest BCUT2D eigenvalue weighted by Gasteiger charge is 2.54. The quantitative estimate of drug-likeness (QED) is 0.599. The standard InChI is InChI=1S/C25H32N2O3S/c1-27(2)14-21(29)20-10-22(18-4-3-5-19(28)9-18)31-23(20)26-24(30)25-11-15-6-16(12-25)8-17(7-15)13-25/h3-5,9-10,15-17,21,28-29H,6-8,11-14H2,1-2H3,(H,26,30). The zero-order chi connectivity index (χ0) is 21.8. The SMILES string of the molecule is CN(C)CC(O)c1cc(-c2cccc(O)c2)sc1NC(=O)C12CC3CC(CC(C3)C1)C2. The molecule has 166 valence electrons. The van der Waals surface area contributed by atoms with Crippen molar-refractivity contribution in [2.75, 3.05) is 26.0 Å². The number of amides is 1. The van der Waals surface area contributed by atoms with Crippen molar-refractivity contribution in [2.24, 2.45) is 23.2 Å². The summed E-state index contributed by atoms with van der Waals surface area (Å²) in [4.78, 5) is 16.5. The number of carbonyl (C=O) groups excluding carboxylic acids is 1. The predicted molar refractivity (Wildman–Crippen MR) is 124 cm³/mol. The first-order chi connectivity index (χ1) is 14.8. The third kappa shape index (κ3) is 4.01. The van der Waals surface area contributed by atoms with Crippen LogP contribution in [0.4, 0.5) is 5.00 Å². The van der Waals surface area contributed by atoms with Crippen molar-refractivity contribution in [1.82, 2.24) is 4.90 Å². The number of nitrogens with zero attached hydrogens (tertiary/aromatic N) is 1. The molecule has 1 amide bonds. The molecule has 0 saturated heterocycles. The topological polar surface area (TPSA) is 72.8 Å². The van der Waals surface area contributed by atoms with Crippen molar-refractivity contribution in [2.45, 2.75) is 44.6 Å². The number of likely N-dealkylation sites (N-methyl/N-ethyl adjacent to an activating group) is 1. The normalized spacial score (nSPS) is 30.0. The number of anilines is 1. The van der Waals surface area contributed by atoms with Gasteiger partial charge in [-0.1, -0.05) is 12.1 Å². The van der Waals surface area contributed by atoms with E-state index in [2.05, 4.69) is 5.32 Å². The van der Waals surface area contributed by atoms with Gasteiger partial charge in [0, 0.05) is 17.0 Å². The second-order valence-electron chi connectivity index (χ2n) is 10.4. The molecular formula is C25H32N2O3S. The van der Waals surface area contributed by atoms with E-state index < -0.39 is 6.10 Å². The lowest BCUT2D eigenvalue weighted by Crippen LogP contribution is -2.51. The molecule has 4 aliphatic carbocycles. The number of aromatic hydroxyl groups is 1. The van der Waals surface area contributed by atoms with Gasteiger partial charge >= 0.3 is 0 Å². The van der Waals surface area contributed by atoms with Crippen LogP contribution in [0.25, 0.3) is 10.4 Å². The van der Waals surface area contributed by atoms with Gasteiger partial charge in [-0.3, -0.25) is 4.79 Å². The fraction of sp³-hybridized carbons (Fsp3) is 0.560. The van der Waals surface area contributed by atoms with E-state index >= 15 is 0 Å². The second kappa shape index (κ2) is 7.91. The van der Waals surface area contributed by atoms with Crippen LogP contribution in [0.2, 0.25) is 0 Å². The minimum atomic E-state index is -0.691. The van der Waals surface area contributed by atoms with E-state index in [1.807, 2.05) is 37.2 Å². The minimum Gasteiger partial charge on any atom is -0.508 e. The summed E-state index contributed by atoms with van der Waals surface area (Å²) < 4.78 is 0. The summed E-state index contributed by atoms with van der Waals surface area (Å²) in [6.07, 6.45) is 6.28. The van der Waals surface area contributed by atoms with Crippen molar-refractivity contribution in [3.8, 4) is 16.2 Å². The number of rotatable bonds is 6. The number of benzene rings is 1. The summed E-state index contributed by atoms with van der Waals surface area (Å²) in [6, 6.07) is 9.09. The Balaban J connectivity index is 1.45. The number of aliphatic hydroxyl groups is 1. The van der Waals surface area contributed by atoms with Crippen LogP contribution in [0, 0.1) is 23.2 Å². The Kier molecular flexibility index (Phi) is 5.35. The Morgan fingerprint density at radius 3 is 2.39 bits per heavy atom. The number of aliphatic hydroxyl groups excluding tert-OH is 1. The summed E-state index contributed by atoms with van der Waals surface area (Å²) in [6.45, 7) is 0.483. The first-order valence-corrected chi connectivity index (χ1v) is 12.2. The van der Waals surface area contributed by atoms with Crippen LogP contribution in [-0.4, -0.2) is 41.7 Å². The van der Waals surface area contributed by atoms with Gasteiger partial charge in [0.2, 0.25) is 5.91 Å². The van der Waals surface area contributed by atoms with E-state index in [-0.39, 0.29) is 17.1 Å². The van der Waals surface area contributed by atoms with E-state index in [9.17, 15) is 15.0 Å². The van der Waals surface area contributed by atoms with Crippen molar-refractivity contribution < 1.29 is 15.0 Å². The van der Waals surface area contributed by atoms with Gasteiger partial charge in [-0.2, -0.15) is 0 Å². The number of phenolic OH excluding ortho intramolecular Hbond substituents is 1. The summed E-state index contributed by atoms with van der Waals surface area (Å²) in [5.74, 6) is 2.49. The van der Waals surface area contributed by atoms with Gasteiger partial charge in [0.15, 0.2) is 0 Å². The monoisotopic (exact) mass is 440 g/mol. The van der Waals surface area contributed by atoms with E-state index in [1.165, 1.54) is 30.6 Å². The molecule has 31 heavy (non-hydrogen) atoms. The molecule has 4 fully saturated rings. The maximum Gasteiger partial charge on any atom is 0.231 e. The maximum absolute atomic E-state index is 13.6. The minimum absolute atomic E-state index is 0.147. The van der Waals surface area contributed by atoms with Crippen LogP contribution in [0.15, 0.2) is 30.3 Å². The molecule has 6 heteroatoms. The van der Waals surface area contributed by atoms with Gasteiger partial charge in [0.05, 0.1) is 11.5 Å². The average molecular weight is 441 g/mol. The second-order valence-corrected chi connectivity index (χ2v) is 11.4. The van der Waals surface area contributed by atoms with Gasteiger partial charge < -0.3 is 20.4 Å². The number of thiophene rings is 1. The molecule has 3 N–H and O–H groups in total. The number of nitrogens with one attached hydrogen (secondary N) is 1. The smallest absolute Gasteiger partial charge is 0.231 e. The van der Waals surface area contributed by atoms with E-state index in [0.29, 0.717) is 24.3 Å². The zero-order valence-corrected chi connectivity index (χ0v) is 19.1. The predicted octanol–water partition coefficient (Wildman–Crippen LogP) is 4.87. The highest BCUT2D eigenvalue weighted by Crippen LogP contribution is 2.60. The summed E-state index contributed by atoms with van der Waals surface area (Å²) in [5.41, 5.74) is 1.42. The highest BCUT2D eigenvalue weighted by molar-refractivity contribution is 7.19. The van der Waals surface area contributed by atoms with Crippen LogP contribution in [0.1, 0.15) is 50.2 Å². The van der Waals surface area contributed by atoms with Gasteiger partial charge in [0.25, 0.3) is 0 Å². The zero-order valence-electron chi connectivity index (χ0n) is 18.3. The largest absolute Gasteiger partial charge is 0.508 e. The van der Waals surface area contributed by atoms with Gasteiger partial charge in [0.1, 0.15) is 10.8 Å². The molecule has 1 aromatic heterocycles. The van der Waals surface area contributed by atoms with Crippen LogP contribution >= 0.6 is 11.3 Å². The molecular weight excluding hydrogens is 408 g/mol. The molecule has 1 atom stereocenters. The molecule has 6 rings (SSSR count). The molecule has 0 radical (unpaired) electrons.